The van der Waals surface area contributed by atoms with E-state index in [0.717, 1.165) is 35.7 Å². The second-order valence-electron chi connectivity index (χ2n) is 6.33. The molecule has 126 valence electrons. The fourth-order valence-corrected chi connectivity index (χ4v) is 3.22. The van der Waals surface area contributed by atoms with Gasteiger partial charge in [0.05, 0.1) is 6.04 Å². The molecule has 2 N–H and O–H groups in total. The Kier molecular flexibility index (Phi) is 4.78. The minimum atomic E-state index is -0.154. The first-order chi connectivity index (χ1) is 11.2. The molecular formula is C19H21ClN2O2. The van der Waals surface area contributed by atoms with Gasteiger partial charge in [-0.25, -0.2) is 0 Å². The van der Waals surface area contributed by atoms with Crippen LogP contribution in [0.2, 0.25) is 0 Å². The predicted octanol–water partition coefficient (Wildman–Crippen LogP) is 3.28. The van der Waals surface area contributed by atoms with Crippen LogP contribution in [0.25, 0.3) is 0 Å². The Balaban J connectivity index is 0.00000169. The van der Waals surface area contributed by atoms with Gasteiger partial charge in [0.15, 0.2) is 0 Å². The third-order valence-corrected chi connectivity index (χ3v) is 4.90. The summed E-state index contributed by atoms with van der Waals surface area (Å²) in [6.07, 6.45) is 0. The van der Waals surface area contributed by atoms with Gasteiger partial charge < -0.3 is 15.4 Å². The fourth-order valence-electron chi connectivity index (χ4n) is 3.22. The summed E-state index contributed by atoms with van der Waals surface area (Å²) >= 11 is 0. The number of ether oxygens (including phenoxy) is 1. The van der Waals surface area contributed by atoms with E-state index in [1.165, 1.54) is 0 Å². The first-order valence-corrected chi connectivity index (χ1v) is 8.11. The number of rotatable bonds is 3. The summed E-state index contributed by atoms with van der Waals surface area (Å²) < 4.78 is 5.97. The number of hydrogen-bond acceptors (Lipinski definition) is 3. The number of nitrogens with one attached hydrogen (secondary N) is 2. The molecule has 0 bridgehead atoms. The predicted molar refractivity (Wildman–Crippen MR) is 95.7 cm³/mol. The Morgan fingerprint density at radius 3 is 2.12 bits per heavy atom. The molecule has 1 unspecified atom stereocenters. The smallest absolute Gasteiger partial charge is 0.223 e. The number of carbonyl (C=O) groups is 1. The lowest BCUT2D eigenvalue weighted by Crippen LogP contribution is -2.50. The van der Waals surface area contributed by atoms with Crippen molar-refractivity contribution in [1.29, 1.82) is 0 Å². The molecule has 2 aliphatic heterocycles. The summed E-state index contributed by atoms with van der Waals surface area (Å²) in [5.41, 5.74) is 2.02. The van der Waals surface area contributed by atoms with Crippen LogP contribution < -0.4 is 15.4 Å². The molecule has 1 fully saturated rings. The third kappa shape index (κ3) is 2.87. The highest BCUT2D eigenvalue weighted by atomic mass is 35.5. The molecule has 0 saturated carbocycles. The summed E-state index contributed by atoms with van der Waals surface area (Å²) in [6, 6.07) is 15.6. The largest absolute Gasteiger partial charge is 0.457 e. The highest BCUT2D eigenvalue weighted by Gasteiger charge is 2.33. The van der Waals surface area contributed by atoms with E-state index in [-0.39, 0.29) is 30.3 Å². The molecule has 1 atom stereocenters. The number of para-hydroxylation sites is 2. The van der Waals surface area contributed by atoms with Gasteiger partial charge in [-0.05, 0) is 31.1 Å². The maximum atomic E-state index is 12.7. The quantitative estimate of drug-likeness (QED) is 0.898. The Morgan fingerprint density at radius 1 is 1.08 bits per heavy atom. The summed E-state index contributed by atoms with van der Waals surface area (Å²) in [6.45, 7) is 3.86. The number of halogens is 1. The van der Waals surface area contributed by atoms with Crippen molar-refractivity contribution in [2.75, 3.05) is 13.1 Å². The molecule has 2 aromatic carbocycles. The molecule has 1 saturated heterocycles. The van der Waals surface area contributed by atoms with Crippen molar-refractivity contribution in [3.63, 3.8) is 0 Å². The Labute approximate surface area is 148 Å². The van der Waals surface area contributed by atoms with E-state index in [4.69, 9.17) is 4.74 Å². The lowest BCUT2D eigenvalue weighted by Gasteiger charge is -2.34. The van der Waals surface area contributed by atoms with Crippen molar-refractivity contribution in [1.82, 2.24) is 10.6 Å². The maximum Gasteiger partial charge on any atom is 0.223 e. The molecule has 5 heteroatoms. The van der Waals surface area contributed by atoms with Gasteiger partial charge in [0.25, 0.3) is 0 Å². The highest BCUT2D eigenvalue weighted by molar-refractivity contribution is 5.85. The number of carbonyl (C=O) groups excluding carboxylic acids is 1. The van der Waals surface area contributed by atoms with E-state index in [1.807, 2.05) is 55.5 Å². The van der Waals surface area contributed by atoms with E-state index in [1.54, 1.807) is 0 Å². The number of benzene rings is 2. The maximum absolute atomic E-state index is 12.7. The molecule has 0 aromatic heterocycles. The van der Waals surface area contributed by atoms with E-state index in [9.17, 15) is 4.79 Å². The minimum absolute atomic E-state index is 0. The van der Waals surface area contributed by atoms with Gasteiger partial charge in [-0.3, -0.25) is 4.79 Å². The Morgan fingerprint density at radius 2 is 1.62 bits per heavy atom. The van der Waals surface area contributed by atoms with Gasteiger partial charge >= 0.3 is 0 Å². The number of amides is 1. The summed E-state index contributed by atoms with van der Waals surface area (Å²) in [4.78, 5) is 12.7. The van der Waals surface area contributed by atoms with Crippen LogP contribution in [0.15, 0.2) is 48.5 Å². The minimum Gasteiger partial charge on any atom is -0.457 e. The van der Waals surface area contributed by atoms with Crippen molar-refractivity contribution >= 4 is 18.3 Å². The van der Waals surface area contributed by atoms with Gasteiger partial charge in [0, 0.05) is 17.0 Å². The van der Waals surface area contributed by atoms with E-state index in [0.29, 0.717) is 5.92 Å². The molecular weight excluding hydrogens is 324 g/mol. The SMILES string of the molecule is CC(C(=O)NC1c2ccccc2Oc2ccccc21)C1CNC1.Cl. The Bertz CT molecular complexity index is 700. The normalized spacial score (nSPS) is 17.4. The molecule has 2 aliphatic rings. The number of fused-ring (bicyclic) bond motifs is 2. The van der Waals surface area contributed by atoms with Crippen molar-refractivity contribution in [2.45, 2.75) is 13.0 Å². The van der Waals surface area contributed by atoms with Crippen molar-refractivity contribution < 1.29 is 9.53 Å². The van der Waals surface area contributed by atoms with Crippen LogP contribution in [-0.2, 0) is 4.79 Å². The molecule has 0 aliphatic carbocycles. The summed E-state index contributed by atoms with van der Waals surface area (Å²) in [5, 5.41) is 6.47. The van der Waals surface area contributed by atoms with Crippen molar-refractivity contribution in [3.8, 4) is 11.5 Å². The highest BCUT2D eigenvalue weighted by Crippen LogP contribution is 2.42. The third-order valence-electron chi connectivity index (χ3n) is 4.90. The zero-order chi connectivity index (χ0) is 15.8. The lowest BCUT2D eigenvalue weighted by atomic mass is 9.87. The average Bonchev–Trinajstić information content (AvgIpc) is 2.52. The van der Waals surface area contributed by atoms with E-state index in [2.05, 4.69) is 10.6 Å². The van der Waals surface area contributed by atoms with Crippen LogP contribution in [0, 0.1) is 11.8 Å². The summed E-state index contributed by atoms with van der Waals surface area (Å²) in [5.74, 6) is 2.18. The molecule has 0 spiro atoms. The molecule has 4 nitrogen and oxygen atoms in total. The number of hydrogen-bond donors (Lipinski definition) is 2. The van der Waals surface area contributed by atoms with Crippen LogP contribution in [0.3, 0.4) is 0 Å². The Hall–Kier alpha value is -2.04. The molecule has 2 heterocycles. The topological polar surface area (TPSA) is 50.4 Å². The van der Waals surface area contributed by atoms with Crippen LogP contribution in [0.1, 0.15) is 24.1 Å². The van der Waals surface area contributed by atoms with Crippen LogP contribution in [-0.4, -0.2) is 19.0 Å². The average molecular weight is 345 g/mol. The van der Waals surface area contributed by atoms with Gasteiger partial charge in [-0.15, -0.1) is 12.4 Å². The molecule has 2 aromatic rings. The molecule has 4 rings (SSSR count). The first kappa shape index (κ1) is 16.8. The van der Waals surface area contributed by atoms with Gasteiger partial charge in [0.2, 0.25) is 5.91 Å². The second-order valence-corrected chi connectivity index (χ2v) is 6.33. The zero-order valence-electron chi connectivity index (χ0n) is 13.5. The summed E-state index contributed by atoms with van der Waals surface area (Å²) in [7, 11) is 0. The van der Waals surface area contributed by atoms with Gasteiger partial charge in [0.1, 0.15) is 11.5 Å². The van der Waals surface area contributed by atoms with Crippen molar-refractivity contribution in [2.24, 2.45) is 11.8 Å². The van der Waals surface area contributed by atoms with E-state index >= 15 is 0 Å². The van der Waals surface area contributed by atoms with E-state index < -0.39 is 0 Å². The first-order valence-electron chi connectivity index (χ1n) is 8.11. The standard InChI is InChI=1S/C19H20N2O2.ClH/c1-12(13-10-20-11-13)19(22)21-18-14-6-2-4-8-16(14)23-17-9-5-3-7-15(17)18;/h2-9,12-13,18,20H,10-11H2,1H3,(H,21,22);1H. The molecule has 24 heavy (non-hydrogen) atoms. The van der Waals surface area contributed by atoms with Crippen LogP contribution in [0.5, 0.6) is 11.5 Å². The van der Waals surface area contributed by atoms with Gasteiger partial charge in [-0.1, -0.05) is 43.3 Å². The van der Waals surface area contributed by atoms with Gasteiger partial charge in [-0.2, -0.15) is 0 Å². The molecule has 0 radical (unpaired) electrons. The fraction of sp³-hybridized carbons (Fsp3) is 0.316. The van der Waals surface area contributed by atoms with Crippen LogP contribution >= 0.6 is 12.4 Å². The van der Waals surface area contributed by atoms with Crippen LogP contribution in [0.4, 0.5) is 0 Å². The zero-order valence-corrected chi connectivity index (χ0v) is 14.3. The monoisotopic (exact) mass is 344 g/mol. The second kappa shape index (κ2) is 6.83. The van der Waals surface area contributed by atoms with Crippen molar-refractivity contribution in [3.05, 3.63) is 59.7 Å². The lowest BCUT2D eigenvalue weighted by molar-refractivity contribution is -0.127. The molecule has 1 amide bonds.